The maximum Gasteiger partial charge on any atom is 0.434 e. The molecule has 1 heterocycles. The second kappa shape index (κ2) is 10.3. The Balaban J connectivity index is 1.84. The molecular formula is C23H23F3N6O3. The number of carbonyl (C=O) groups is 2. The van der Waals surface area contributed by atoms with Crippen molar-refractivity contribution < 1.29 is 27.5 Å². The average Bonchev–Trinajstić information content (AvgIpc) is 3.25. The highest BCUT2D eigenvalue weighted by atomic mass is 19.4. The minimum atomic E-state index is -4.84. The highest BCUT2D eigenvalue weighted by Crippen LogP contribution is 2.34. The molecule has 9 nitrogen and oxygen atoms in total. The number of halogens is 3. The van der Waals surface area contributed by atoms with Gasteiger partial charge in [0.1, 0.15) is 5.56 Å². The number of nitrogens with zero attached hydrogens (tertiary/aromatic N) is 3. The van der Waals surface area contributed by atoms with E-state index in [9.17, 15) is 22.8 Å². The lowest BCUT2D eigenvalue weighted by Crippen LogP contribution is -2.25. The molecular weight excluding hydrogens is 465 g/mol. The molecule has 0 atom stereocenters. The number of alkyl halides is 3. The number of nitrogens with one attached hydrogen (secondary N) is 1. The Bertz CT molecular complexity index is 1230. The number of carbonyl (C=O) groups excluding carboxylic acids is 2. The van der Waals surface area contributed by atoms with E-state index in [-0.39, 0.29) is 23.9 Å². The molecule has 0 fully saturated rings. The number of nitrogens with two attached hydrogens (primary N) is 2. The van der Waals surface area contributed by atoms with Crippen LogP contribution in [0.15, 0.2) is 60.9 Å². The van der Waals surface area contributed by atoms with Gasteiger partial charge in [0.05, 0.1) is 29.9 Å². The highest BCUT2D eigenvalue weighted by Gasteiger charge is 2.41. The number of aromatic nitrogens is 2. The van der Waals surface area contributed by atoms with E-state index in [4.69, 9.17) is 16.3 Å². The standard InChI is InChI=1S/C23H23F3N6O3/c1-3-35-22(34)19-12-29-32(21(19)23(24,25)26)18-8-4-15(5-9-18)20(27)13-31(28)17-10-6-16(7-11-17)30-14(2)33/h4-13H,3,27-28H2,1-2H3,(H,30,33)/b20-13-. The van der Waals surface area contributed by atoms with E-state index in [0.717, 1.165) is 6.20 Å². The molecule has 0 unspecified atom stereocenters. The van der Waals surface area contributed by atoms with Gasteiger partial charge in [-0.25, -0.2) is 15.3 Å². The van der Waals surface area contributed by atoms with Crippen molar-refractivity contribution in [2.24, 2.45) is 11.6 Å². The van der Waals surface area contributed by atoms with Crippen LogP contribution in [0.5, 0.6) is 0 Å². The number of esters is 1. The number of ether oxygens (including phenoxy) is 1. The molecule has 0 aliphatic carbocycles. The third kappa shape index (κ3) is 5.98. The number of hydrogen-bond acceptors (Lipinski definition) is 7. The largest absolute Gasteiger partial charge is 0.462 e. The van der Waals surface area contributed by atoms with Crippen molar-refractivity contribution in [2.75, 3.05) is 16.9 Å². The summed E-state index contributed by atoms with van der Waals surface area (Å²) < 4.78 is 46.4. The van der Waals surface area contributed by atoms with Gasteiger partial charge in [-0.15, -0.1) is 0 Å². The van der Waals surface area contributed by atoms with Gasteiger partial charge in [0, 0.05) is 18.8 Å². The van der Waals surface area contributed by atoms with Crippen molar-refractivity contribution in [2.45, 2.75) is 20.0 Å². The number of anilines is 2. The van der Waals surface area contributed by atoms with Gasteiger partial charge in [0.25, 0.3) is 0 Å². The van der Waals surface area contributed by atoms with Crippen LogP contribution in [0.2, 0.25) is 0 Å². The Morgan fingerprint density at radius 1 is 1.14 bits per heavy atom. The highest BCUT2D eigenvalue weighted by molar-refractivity contribution is 5.91. The molecule has 0 saturated carbocycles. The zero-order valence-electron chi connectivity index (χ0n) is 18.8. The molecule has 12 heteroatoms. The smallest absolute Gasteiger partial charge is 0.434 e. The minimum absolute atomic E-state index is 0.0702. The molecule has 0 aliphatic heterocycles. The van der Waals surface area contributed by atoms with Crippen LogP contribution in [-0.4, -0.2) is 28.3 Å². The van der Waals surface area contributed by atoms with Gasteiger partial charge in [-0.1, -0.05) is 12.1 Å². The van der Waals surface area contributed by atoms with Gasteiger partial charge in [0.15, 0.2) is 5.69 Å². The molecule has 0 spiro atoms. The molecule has 0 radical (unpaired) electrons. The summed E-state index contributed by atoms with van der Waals surface area (Å²) in [6.07, 6.45) is -2.57. The van der Waals surface area contributed by atoms with E-state index in [1.165, 1.54) is 49.3 Å². The summed E-state index contributed by atoms with van der Waals surface area (Å²) in [7, 11) is 0. The molecule has 2 aromatic carbocycles. The minimum Gasteiger partial charge on any atom is -0.462 e. The summed E-state index contributed by atoms with van der Waals surface area (Å²) in [5, 5.41) is 7.65. The van der Waals surface area contributed by atoms with Gasteiger partial charge >= 0.3 is 12.1 Å². The number of hydrazine groups is 1. The Kier molecular flexibility index (Phi) is 7.45. The number of rotatable bonds is 7. The molecule has 35 heavy (non-hydrogen) atoms. The van der Waals surface area contributed by atoms with Crippen LogP contribution in [-0.2, 0) is 15.7 Å². The van der Waals surface area contributed by atoms with Gasteiger partial charge in [0.2, 0.25) is 5.91 Å². The molecule has 0 aliphatic rings. The molecule has 5 N–H and O–H groups in total. The van der Waals surface area contributed by atoms with Crippen molar-refractivity contribution in [1.29, 1.82) is 0 Å². The number of hydrogen-bond donors (Lipinski definition) is 3. The quantitative estimate of drug-likeness (QED) is 0.263. The zero-order chi connectivity index (χ0) is 25.8. The van der Waals surface area contributed by atoms with E-state index in [1.54, 1.807) is 24.3 Å². The lowest BCUT2D eigenvalue weighted by Gasteiger charge is -2.16. The van der Waals surface area contributed by atoms with E-state index < -0.39 is 23.4 Å². The van der Waals surface area contributed by atoms with Crippen LogP contribution in [0.1, 0.15) is 35.5 Å². The topological polar surface area (TPSA) is 128 Å². The van der Waals surface area contributed by atoms with Crippen LogP contribution in [0, 0.1) is 0 Å². The second-order valence-corrected chi connectivity index (χ2v) is 7.30. The van der Waals surface area contributed by atoms with Crippen LogP contribution < -0.4 is 21.9 Å². The van der Waals surface area contributed by atoms with Crippen molar-refractivity contribution >= 4 is 28.9 Å². The number of amides is 1. The van der Waals surface area contributed by atoms with Crippen molar-refractivity contribution in [3.8, 4) is 5.69 Å². The second-order valence-electron chi connectivity index (χ2n) is 7.30. The zero-order valence-corrected chi connectivity index (χ0v) is 18.8. The van der Waals surface area contributed by atoms with E-state index in [1.807, 2.05) is 0 Å². The molecule has 3 rings (SSSR count). The summed E-state index contributed by atoms with van der Waals surface area (Å²) >= 11 is 0. The molecule has 1 amide bonds. The maximum absolute atomic E-state index is 13.7. The van der Waals surface area contributed by atoms with E-state index in [2.05, 4.69) is 10.4 Å². The molecule has 0 saturated heterocycles. The van der Waals surface area contributed by atoms with Gasteiger partial charge in [-0.05, 0) is 48.9 Å². The summed E-state index contributed by atoms with van der Waals surface area (Å²) in [5.41, 5.74) is 6.19. The van der Waals surface area contributed by atoms with Crippen LogP contribution in [0.3, 0.4) is 0 Å². The summed E-state index contributed by atoms with van der Waals surface area (Å²) in [4.78, 5) is 23.1. The average molecular weight is 488 g/mol. The van der Waals surface area contributed by atoms with Crippen molar-refractivity contribution in [1.82, 2.24) is 9.78 Å². The lowest BCUT2D eigenvalue weighted by molar-refractivity contribution is -0.143. The van der Waals surface area contributed by atoms with Gasteiger partial charge in [-0.3, -0.25) is 9.80 Å². The van der Waals surface area contributed by atoms with Gasteiger partial charge in [-0.2, -0.15) is 18.3 Å². The molecule has 1 aromatic heterocycles. The molecule has 3 aromatic rings. The first-order valence-corrected chi connectivity index (χ1v) is 10.3. The third-order valence-electron chi connectivity index (χ3n) is 4.74. The van der Waals surface area contributed by atoms with Crippen molar-refractivity contribution in [3.05, 3.63) is 77.7 Å². The Hall–Kier alpha value is -4.32. The predicted molar refractivity (Wildman–Crippen MR) is 124 cm³/mol. The molecule has 0 bridgehead atoms. The molecule has 184 valence electrons. The van der Waals surface area contributed by atoms with Crippen molar-refractivity contribution in [3.63, 3.8) is 0 Å². The first-order chi connectivity index (χ1) is 16.5. The van der Waals surface area contributed by atoms with Gasteiger partial charge < -0.3 is 15.8 Å². The Morgan fingerprint density at radius 2 is 1.77 bits per heavy atom. The normalized spacial score (nSPS) is 11.8. The fourth-order valence-corrected chi connectivity index (χ4v) is 3.19. The fourth-order valence-electron chi connectivity index (χ4n) is 3.19. The van der Waals surface area contributed by atoms with E-state index in [0.29, 0.717) is 21.6 Å². The summed E-state index contributed by atoms with van der Waals surface area (Å²) in [6.45, 7) is 2.82. The SMILES string of the molecule is CCOC(=O)c1cnn(-c2ccc(/C(N)=C/N(N)c3ccc(NC(C)=O)cc3)cc2)c1C(F)(F)F. The summed E-state index contributed by atoms with van der Waals surface area (Å²) in [5.74, 6) is 4.72. The van der Waals surface area contributed by atoms with Crippen LogP contribution >= 0.6 is 0 Å². The Labute approximate surface area is 198 Å². The van der Waals surface area contributed by atoms with Crippen LogP contribution in [0.25, 0.3) is 11.4 Å². The Morgan fingerprint density at radius 3 is 2.31 bits per heavy atom. The first kappa shape index (κ1) is 25.3. The van der Waals surface area contributed by atoms with E-state index >= 15 is 0 Å². The van der Waals surface area contributed by atoms with Crippen LogP contribution in [0.4, 0.5) is 24.5 Å². The number of benzene rings is 2. The monoisotopic (exact) mass is 488 g/mol. The summed E-state index contributed by atoms with van der Waals surface area (Å²) in [6, 6.07) is 12.5. The lowest BCUT2D eigenvalue weighted by atomic mass is 10.1. The predicted octanol–water partition coefficient (Wildman–Crippen LogP) is 3.66. The fraction of sp³-hybridized carbons (Fsp3) is 0.174. The maximum atomic E-state index is 13.7. The first-order valence-electron chi connectivity index (χ1n) is 10.3. The third-order valence-corrected chi connectivity index (χ3v) is 4.74.